The highest BCUT2D eigenvalue weighted by atomic mass is 35.5. The Morgan fingerprint density at radius 1 is 0.615 bits per heavy atom. The number of nitrogens with one attached hydrogen (secondary N) is 1. The average molecular weight is 359 g/mol. The van der Waals surface area contributed by atoms with Gasteiger partial charge in [-0.1, -0.05) is 72.3 Å². The standard InChI is InChI=1S/C23H16ClNO/c24-20-11-13-21(14-12-20)25-23-16-19(17-7-3-1-4-8-17)15-22(26-23)18-9-5-2-6-10-18/h1-16H/p+1. The van der Waals surface area contributed by atoms with Crippen molar-refractivity contribution in [1.29, 1.82) is 0 Å². The van der Waals surface area contributed by atoms with E-state index in [9.17, 15) is 0 Å². The Morgan fingerprint density at radius 3 is 1.88 bits per heavy atom. The van der Waals surface area contributed by atoms with E-state index in [4.69, 9.17) is 16.0 Å². The molecule has 0 aliphatic carbocycles. The van der Waals surface area contributed by atoms with Crippen LogP contribution >= 0.6 is 11.6 Å². The first-order valence-corrected chi connectivity index (χ1v) is 8.77. The fraction of sp³-hybridized carbons (Fsp3) is 0. The minimum atomic E-state index is 0.674. The normalized spacial score (nSPS) is 11.5. The average Bonchev–Trinajstić information content (AvgIpc) is 2.71. The molecule has 0 bridgehead atoms. The van der Waals surface area contributed by atoms with Crippen LogP contribution in [0, 0.1) is 0 Å². The third-order valence-corrected chi connectivity index (χ3v) is 4.32. The predicted molar refractivity (Wildman–Crippen MR) is 105 cm³/mol. The topological polar surface area (TPSA) is 27.1 Å². The first-order valence-electron chi connectivity index (χ1n) is 8.39. The van der Waals surface area contributed by atoms with Gasteiger partial charge in [-0.05, 0) is 29.3 Å². The van der Waals surface area contributed by atoms with Gasteiger partial charge in [-0.2, -0.15) is 4.99 Å². The molecular formula is C23H17ClNO+. The van der Waals surface area contributed by atoms with Crippen molar-refractivity contribution in [2.24, 2.45) is 0 Å². The Labute approximate surface area is 157 Å². The zero-order valence-corrected chi connectivity index (χ0v) is 14.8. The largest absolute Gasteiger partial charge is 0.405 e. The van der Waals surface area contributed by atoms with E-state index in [0.717, 1.165) is 28.1 Å². The quantitative estimate of drug-likeness (QED) is 0.570. The molecular weight excluding hydrogens is 342 g/mol. The van der Waals surface area contributed by atoms with E-state index in [2.05, 4.69) is 23.2 Å². The molecule has 2 nitrogen and oxygen atoms in total. The van der Waals surface area contributed by atoms with Crippen molar-refractivity contribution in [1.82, 2.24) is 0 Å². The van der Waals surface area contributed by atoms with Crippen molar-refractivity contribution < 1.29 is 9.41 Å². The van der Waals surface area contributed by atoms with Crippen LogP contribution in [0.4, 0.5) is 5.69 Å². The van der Waals surface area contributed by atoms with Crippen LogP contribution < -0.4 is 10.5 Å². The first kappa shape index (κ1) is 16.4. The molecule has 0 atom stereocenters. The summed E-state index contributed by atoms with van der Waals surface area (Å²) in [6, 6.07) is 32.0. The van der Waals surface area contributed by atoms with Crippen LogP contribution in [0.2, 0.25) is 5.02 Å². The second-order valence-electron chi connectivity index (χ2n) is 5.94. The van der Waals surface area contributed by atoms with E-state index in [-0.39, 0.29) is 0 Å². The van der Waals surface area contributed by atoms with Crippen molar-refractivity contribution in [2.75, 3.05) is 0 Å². The molecule has 0 spiro atoms. The summed E-state index contributed by atoms with van der Waals surface area (Å²) in [7, 11) is 0. The van der Waals surface area contributed by atoms with Crippen molar-refractivity contribution in [2.45, 2.75) is 0 Å². The molecule has 1 N–H and O–H groups in total. The van der Waals surface area contributed by atoms with Crippen LogP contribution in [0.1, 0.15) is 0 Å². The van der Waals surface area contributed by atoms with Crippen molar-refractivity contribution in [3.05, 3.63) is 108 Å². The van der Waals surface area contributed by atoms with Gasteiger partial charge in [0.05, 0.1) is 6.07 Å². The van der Waals surface area contributed by atoms with Gasteiger partial charge in [0.1, 0.15) is 5.76 Å². The third kappa shape index (κ3) is 3.76. The molecule has 0 radical (unpaired) electrons. The monoisotopic (exact) mass is 358 g/mol. The molecule has 26 heavy (non-hydrogen) atoms. The van der Waals surface area contributed by atoms with Crippen LogP contribution in [0.3, 0.4) is 0 Å². The molecule has 3 aromatic carbocycles. The van der Waals surface area contributed by atoms with Gasteiger partial charge < -0.3 is 4.42 Å². The van der Waals surface area contributed by atoms with E-state index in [0.29, 0.717) is 10.6 Å². The summed E-state index contributed by atoms with van der Waals surface area (Å²) in [5.74, 6) is 0.809. The third-order valence-electron chi connectivity index (χ3n) is 4.07. The summed E-state index contributed by atoms with van der Waals surface area (Å²) in [5, 5.41) is 0.704. The zero-order chi connectivity index (χ0) is 17.8. The van der Waals surface area contributed by atoms with Gasteiger partial charge in [0.2, 0.25) is 5.69 Å². The molecule has 0 unspecified atom stereocenters. The molecule has 1 heterocycles. The van der Waals surface area contributed by atoms with Gasteiger partial charge in [0.25, 0.3) is 0 Å². The Bertz CT molecular complexity index is 1010. The summed E-state index contributed by atoms with van der Waals surface area (Å²) in [5.41, 5.74) is 4.85. The van der Waals surface area contributed by atoms with Gasteiger partial charge in [-0.3, -0.25) is 0 Å². The molecule has 0 aliphatic heterocycles. The van der Waals surface area contributed by atoms with Crippen LogP contribution in [0.5, 0.6) is 0 Å². The smallest absolute Gasteiger partial charge is 0.372 e. The molecule has 0 amide bonds. The van der Waals surface area contributed by atoms with Crippen molar-refractivity contribution in [3.8, 4) is 22.5 Å². The number of hydrogen-bond donors (Lipinski definition) is 1. The second kappa shape index (κ2) is 7.42. The Hall–Kier alpha value is -3.10. The molecule has 0 fully saturated rings. The minimum absolute atomic E-state index is 0.674. The van der Waals surface area contributed by atoms with Crippen LogP contribution in [0.15, 0.2) is 101 Å². The summed E-state index contributed by atoms with van der Waals surface area (Å²) in [6.45, 7) is 0. The number of benzene rings is 3. The number of rotatable bonds is 3. The van der Waals surface area contributed by atoms with Crippen LogP contribution in [0.25, 0.3) is 22.5 Å². The lowest BCUT2D eigenvalue weighted by atomic mass is 10.0. The lowest BCUT2D eigenvalue weighted by Crippen LogP contribution is -2.70. The number of hydrogen-bond acceptors (Lipinski definition) is 1. The van der Waals surface area contributed by atoms with E-state index in [1.165, 1.54) is 0 Å². The maximum Gasteiger partial charge on any atom is 0.372 e. The summed E-state index contributed by atoms with van der Waals surface area (Å²) in [4.78, 5) is 3.33. The van der Waals surface area contributed by atoms with E-state index in [1.807, 2.05) is 78.9 Å². The van der Waals surface area contributed by atoms with Gasteiger partial charge in [0.15, 0.2) is 0 Å². The van der Waals surface area contributed by atoms with Gasteiger partial charge >= 0.3 is 5.55 Å². The maximum atomic E-state index is 6.12. The Morgan fingerprint density at radius 2 is 1.23 bits per heavy atom. The second-order valence-corrected chi connectivity index (χ2v) is 6.37. The Kier molecular flexibility index (Phi) is 4.67. The molecule has 126 valence electrons. The Balaban J connectivity index is 1.89. The van der Waals surface area contributed by atoms with Gasteiger partial charge in [-0.25, -0.2) is 0 Å². The van der Waals surface area contributed by atoms with Crippen LogP contribution in [-0.4, -0.2) is 0 Å². The fourth-order valence-electron chi connectivity index (χ4n) is 2.78. The molecule has 3 heteroatoms. The highest BCUT2D eigenvalue weighted by molar-refractivity contribution is 6.30. The van der Waals surface area contributed by atoms with Gasteiger partial charge in [0, 0.05) is 22.7 Å². The van der Waals surface area contributed by atoms with Crippen molar-refractivity contribution in [3.63, 3.8) is 0 Å². The lowest BCUT2D eigenvalue weighted by molar-refractivity contribution is -0.417. The molecule has 0 aliphatic rings. The highest BCUT2D eigenvalue weighted by Crippen LogP contribution is 2.24. The van der Waals surface area contributed by atoms with Crippen molar-refractivity contribution >= 4 is 17.3 Å². The molecule has 0 saturated heterocycles. The summed E-state index contributed by atoms with van der Waals surface area (Å²) < 4.78 is 6.12. The highest BCUT2D eigenvalue weighted by Gasteiger charge is 2.08. The molecule has 1 aromatic heterocycles. The minimum Gasteiger partial charge on any atom is -0.405 e. The van der Waals surface area contributed by atoms with E-state index >= 15 is 0 Å². The molecule has 4 rings (SSSR count). The zero-order valence-electron chi connectivity index (χ0n) is 14.0. The summed E-state index contributed by atoms with van der Waals surface area (Å²) >= 11 is 5.97. The molecule has 0 saturated carbocycles. The summed E-state index contributed by atoms with van der Waals surface area (Å²) in [6.07, 6.45) is 0. The predicted octanol–water partition coefficient (Wildman–Crippen LogP) is 4.58. The maximum absolute atomic E-state index is 6.12. The first-order chi connectivity index (χ1) is 12.8. The fourth-order valence-corrected chi connectivity index (χ4v) is 2.91. The van der Waals surface area contributed by atoms with E-state index in [1.54, 1.807) is 0 Å². The van der Waals surface area contributed by atoms with Gasteiger partial charge in [-0.15, -0.1) is 0 Å². The van der Waals surface area contributed by atoms with E-state index < -0.39 is 0 Å². The van der Waals surface area contributed by atoms with Crippen LogP contribution in [-0.2, 0) is 0 Å². The SMILES string of the molecule is Clc1ccc([NH+]=c2cc(-c3ccccc3)cc(-c3ccccc3)o2)cc1. The number of halogens is 1. The lowest BCUT2D eigenvalue weighted by Gasteiger charge is -2.04. The molecule has 4 aromatic rings.